The summed E-state index contributed by atoms with van der Waals surface area (Å²) >= 11 is 9.86. The van der Waals surface area contributed by atoms with Crippen LogP contribution in [0.25, 0.3) is 0 Å². The zero-order valence-electron chi connectivity index (χ0n) is 20.3. The van der Waals surface area contributed by atoms with E-state index in [4.69, 9.17) is 25.8 Å². The van der Waals surface area contributed by atoms with Gasteiger partial charge >= 0.3 is 0 Å². The molecule has 0 bridgehead atoms. The molecule has 1 saturated heterocycles. The molecule has 0 spiro atoms. The Labute approximate surface area is 229 Å². The van der Waals surface area contributed by atoms with Gasteiger partial charge in [0.25, 0.3) is 0 Å². The highest BCUT2D eigenvalue weighted by Crippen LogP contribution is 2.69. The molecule has 5 atom stereocenters. The number of aromatic nitrogens is 1. The number of hydrogen-bond acceptors (Lipinski definition) is 7. The van der Waals surface area contributed by atoms with Gasteiger partial charge in [0.1, 0.15) is 10.9 Å². The van der Waals surface area contributed by atoms with Crippen molar-refractivity contribution in [1.29, 1.82) is 0 Å². The molecule has 3 heterocycles. The highest BCUT2D eigenvalue weighted by Gasteiger charge is 2.77. The third-order valence-electron chi connectivity index (χ3n) is 8.03. The van der Waals surface area contributed by atoms with E-state index in [1.807, 2.05) is 54.6 Å². The lowest BCUT2D eigenvalue weighted by atomic mass is 9.71. The number of hydrogen-bond donors (Lipinski definition) is 2. The van der Waals surface area contributed by atoms with Gasteiger partial charge in [0, 0.05) is 42.0 Å². The SMILES string of the molecule is COc1nc(Cl)cc2c1[C@]1(O)[C@H](O)[C@H](CN3CCOCC3)[C@@H](c3ccccc3)[C@]1(c1ccc(Br)cc1)O2. The number of rotatable bonds is 5. The smallest absolute Gasteiger partial charge is 0.224 e. The standard InChI is InChI=1S/C28H28BrClN2O5/c1-35-26-24-21(15-22(30)31-26)37-28(18-7-9-19(29)10-8-18)23(17-5-3-2-4-6-17)20(25(33)27(24,28)34)16-32-11-13-36-14-12-32/h2-10,15,20,23,25,33-34H,11-14,16H2,1H3/t20-,23-,25-,27+,28+/m1/s1. The first-order valence-electron chi connectivity index (χ1n) is 12.4. The lowest BCUT2D eigenvalue weighted by molar-refractivity contribution is -0.152. The molecule has 0 amide bonds. The van der Waals surface area contributed by atoms with Crippen molar-refractivity contribution in [2.45, 2.75) is 23.2 Å². The first kappa shape index (κ1) is 25.1. The maximum absolute atomic E-state index is 12.9. The molecule has 2 aromatic carbocycles. The van der Waals surface area contributed by atoms with Crippen LogP contribution in [0.5, 0.6) is 11.6 Å². The lowest BCUT2D eigenvalue weighted by Crippen LogP contribution is -2.52. The predicted molar refractivity (Wildman–Crippen MR) is 142 cm³/mol. The second kappa shape index (κ2) is 9.52. The van der Waals surface area contributed by atoms with E-state index >= 15 is 0 Å². The minimum atomic E-state index is -1.86. The average Bonchev–Trinajstić information content (AvgIpc) is 3.27. The molecule has 194 valence electrons. The van der Waals surface area contributed by atoms with Crippen molar-refractivity contribution in [1.82, 2.24) is 9.88 Å². The Morgan fingerprint density at radius 1 is 1.14 bits per heavy atom. The Hall–Kier alpha value is -2.20. The van der Waals surface area contributed by atoms with E-state index in [0.717, 1.165) is 28.7 Å². The number of halogens is 2. The molecule has 9 heteroatoms. The Bertz CT molecular complexity index is 1290. The number of ether oxygens (including phenoxy) is 3. The molecule has 1 saturated carbocycles. The largest absolute Gasteiger partial charge is 0.481 e. The van der Waals surface area contributed by atoms with Crippen LogP contribution in [0.3, 0.4) is 0 Å². The number of morpholine rings is 1. The quantitative estimate of drug-likeness (QED) is 0.435. The predicted octanol–water partition coefficient (Wildman–Crippen LogP) is 4.09. The molecule has 2 aliphatic heterocycles. The van der Waals surface area contributed by atoms with Crippen molar-refractivity contribution in [3.63, 3.8) is 0 Å². The summed E-state index contributed by atoms with van der Waals surface area (Å²) in [4.78, 5) is 6.62. The normalized spacial score (nSPS) is 31.0. The molecule has 1 aliphatic carbocycles. The topological polar surface area (TPSA) is 84.3 Å². The van der Waals surface area contributed by atoms with Crippen molar-refractivity contribution in [2.75, 3.05) is 40.0 Å². The lowest BCUT2D eigenvalue weighted by Gasteiger charge is -2.41. The fourth-order valence-electron chi connectivity index (χ4n) is 6.53. The van der Waals surface area contributed by atoms with E-state index in [0.29, 0.717) is 31.1 Å². The maximum atomic E-state index is 12.9. The van der Waals surface area contributed by atoms with Gasteiger partial charge in [-0.25, -0.2) is 4.98 Å². The second-order valence-corrected chi connectivity index (χ2v) is 11.2. The van der Waals surface area contributed by atoms with Crippen LogP contribution in [0.15, 0.2) is 65.1 Å². The first-order valence-corrected chi connectivity index (χ1v) is 13.5. The van der Waals surface area contributed by atoms with Crippen molar-refractivity contribution >= 4 is 27.5 Å². The third kappa shape index (κ3) is 3.72. The van der Waals surface area contributed by atoms with Crippen LogP contribution in [-0.4, -0.2) is 66.2 Å². The van der Waals surface area contributed by atoms with Crippen LogP contribution in [-0.2, 0) is 15.9 Å². The van der Waals surface area contributed by atoms with Crippen molar-refractivity contribution in [2.24, 2.45) is 5.92 Å². The monoisotopic (exact) mass is 586 g/mol. The molecule has 1 aromatic heterocycles. The molecule has 0 radical (unpaired) electrons. The van der Waals surface area contributed by atoms with E-state index in [1.165, 1.54) is 7.11 Å². The van der Waals surface area contributed by atoms with Gasteiger partial charge in [-0.05, 0) is 23.3 Å². The van der Waals surface area contributed by atoms with Crippen molar-refractivity contribution < 1.29 is 24.4 Å². The van der Waals surface area contributed by atoms with Crippen molar-refractivity contribution in [3.05, 3.63) is 87.0 Å². The molecule has 37 heavy (non-hydrogen) atoms. The first-order chi connectivity index (χ1) is 17.9. The number of aliphatic hydroxyl groups excluding tert-OH is 1. The van der Waals surface area contributed by atoms with Gasteiger partial charge in [-0.15, -0.1) is 0 Å². The number of fused-ring (bicyclic) bond motifs is 3. The van der Waals surface area contributed by atoms with E-state index < -0.39 is 23.2 Å². The van der Waals surface area contributed by atoms with Gasteiger partial charge in [0.05, 0.1) is 32.0 Å². The Balaban J connectivity index is 1.62. The van der Waals surface area contributed by atoms with Gasteiger partial charge in [-0.2, -0.15) is 0 Å². The van der Waals surface area contributed by atoms with Gasteiger partial charge in [0.15, 0.2) is 11.2 Å². The van der Waals surface area contributed by atoms with Crippen LogP contribution in [0.1, 0.15) is 22.6 Å². The zero-order valence-corrected chi connectivity index (χ0v) is 22.7. The average molecular weight is 588 g/mol. The van der Waals surface area contributed by atoms with Crippen LogP contribution in [0.4, 0.5) is 0 Å². The Morgan fingerprint density at radius 2 is 1.84 bits per heavy atom. The van der Waals surface area contributed by atoms with Gasteiger partial charge in [0.2, 0.25) is 5.88 Å². The summed E-state index contributed by atoms with van der Waals surface area (Å²) in [5.41, 5.74) is -1.21. The summed E-state index contributed by atoms with van der Waals surface area (Å²) in [6.45, 7) is 3.35. The van der Waals surface area contributed by atoms with Gasteiger partial charge in [-0.3, -0.25) is 4.90 Å². The van der Waals surface area contributed by atoms with E-state index in [9.17, 15) is 10.2 Å². The Kier molecular flexibility index (Phi) is 6.46. The molecular formula is C28H28BrClN2O5. The van der Waals surface area contributed by atoms with Crippen LogP contribution in [0, 0.1) is 5.92 Å². The summed E-state index contributed by atoms with van der Waals surface area (Å²) in [6, 6.07) is 19.3. The molecular weight excluding hydrogens is 560 g/mol. The summed E-state index contributed by atoms with van der Waals surface area (Å²) < 4.78 is 18.9. The summed E-state index contributed by atoms with van der Waals surface area (Å²) in [5.74, 6) is -0.287. The van der Waals surface area contributed by atoms with Crippen LogP contribution in [0.2, 0.25) is 5.15 Å². The van der Waals surface area contributed by atoms with E-state index in [-0.39, 0.29) is 17.0 Å². The van der Waals surface area contributed by atoms with Crippen LogP contribution >= 0.6 is 27.5 Å². The number of nitrogens with zero attached hydrogens (tertiary/aromatic N) is 2. The molecule has 2 fully saturated rings. The summed E-state index contributed by atoms with van der Waals surface area (Å²) in [6.07, 6.45) is -1.19. The maximum Gasteiger partial charge on any atom is 0.224 e. The summed E-state index contributed by atoms with van der Waals surface area (Å²) in [7, 11) is 1.48. The van der Waals surface area contributed by atoms with Crippen LogP contribution < -0.4 is 9.47 Å². The fourth-order valence-corrected chi connectivity index (χ4v) is 6.97. The third-order valence-corrected chi connectivity index (χ3v) is 8.76. The minimum absolute atomic E-state index is 0.141. The molecule has 0 unspecified atom stereocenters. The molecule has 3 aliphatic rings. The molecule has 3 aromatic rings. The highest BCUT2D eigenvalue weighted by molar-refractivity contribution is 9.10. The number of benzene rings is 2. The highest BCUT2D eigenvalue weighted by atomic mass is 79.9. The minimum Gasteiger partial charge on any atom is -0.481 e. The summed E-state index contributed by atoms with van der Waals surface area (Å²) in [5, 5.41) is 25.2. The number of aliphatic hydroxyl groups is 2. The molecule has 7 nitrogen and oxygen atoms in total. The van der Waals surface area contributed by atoms with E-state index in [2.05, 4.69) is 25.8 Å². The Morgan fingerprint density at radius 3 is 2.51 bits per heavy atom. The molecule has 6 rings (SSSR count). The van der Waals surface area contributed by atoms with Gasteiger partial charge < -0.3 is 24.4 Å². The number of pyridine rings is 1. The fraction of sp³-hybridized carbons (Fsp3) is 0.393. The zero-order chi connectivity index (χ0) is 25.8. The number of methoxy groups -OCH3 is 1. The van der Waals surface area contributed by atoms with Gasteiger partial charge in [-0.1, -0.05) is 70.0 Å². The second-order valence-electron chi connectivity index (χ2n) is 9.85. The molecule has 2 N–H and O–H groups in total. The van der Waals surface area contributed by atoms with Crippen molar-refractivity contribution in [3.8, 4) is 11.6 Å². The van der Waals surface area contributed by atoms with E-state index in [1.54, 1.807) is 6.07 Å².